The molecular formula is C6H6CuN. The van der Waals surface area contributed by atoms with Crippen molar-refractivity contribution >= 4 is 5.69 Å². The molecule has 1 rings (SSSR count). The van der Waals surface area contributed by atoms with Gasteiger partial charge in [-0.2, -0.15) is 18.2 Å². The fraction of sp³-hybridized carbons (Fsp3) is 0. The molecule has 1 nitrogen and oxygen atoms in total. The zero-order valence-corrected chi connectivity index (χ0v) is 5.13. The van der Waals surface area contributed by atoms with Gasteiger partial charge < -0.3 is 5.73 Å². The predicted molar refractivity (Wildman–Crippen MR) is 29.7 cm³/mol. The van der Waals surface area contributed by atoms with Crippen LogP contribution in [0.1, 0.15) is 0 Å². The average molecular weight is 156 g/mol. The summed E-state index contributed by atoms with van der Waals surface area (Å²) < 4.78 is 0. The topological polar surface area (TPSA) is 26.0 Å². The van der Waals surface area contributed by atoms with Crippen LogP contribution in [0.15, 0.2) is 24.3 Å². The maximum absolute atomic E-state index is 5.34. The molecule has 0 aromatic heterocycles. The molecule has 0 radical (unpaired) electrons. The second kappa shape index (κ2) is 3.53. The molecule has 0 atom stereocenters. The van der Waals surface area contributed by atoms with Gasteiger partial charge in [0.1, 0.15) is 0 Å². The zero-order chi connectivity index (χ0) is 5.11. The number of rotatable bonds is 0. The summed E-state index contributed by atoms with van der Waals surface area (Å²) in [6.45, 7) is 0. The Bertz CT molecular complexity index is 138. The van der Waals surface area contributed by atoms with E-state index in [4.69, 9.17) is 5.73 Å². The second-order valence-corrected chi connectivity index (χ2v) is 1.33. The van der Waals surface area contributed by atoms with Crippen molar-refractivity contribution in [2.24, 2.45) is 0 Å². The van der Waals surface area contributed by atoms with Gasteiger partial charge in [-0.15, -0.1) is 12.1 Å². The van der Waals surface area contributed by atoms with Crippen molar-refractivity contribution in [3.63, 3.8) is 0 Å². The van der Waals surface area contributed by atoms with Crippen molar-refractivity contribution in [3.05, 3.63) is 30.3 Å². The summed E-state index contributed by atoms with van der Waals surface area (Å²) in [4.78, 5) is 0. The van der Waals surface area contributed by atoms with Gasteiger partial charge in [0.25, 0.3) is 0 Å². The molecule has 8 heavy (non-hydrogen) atoms. The van der Waals surface area contributed by atoms with Crippen LogP contribution in [0.25, 0.3) is 0 Å². The molecule has 0 heterocycles. The Labute approximate surface area is 59.4 Å². The van der Waals surface area contributed by atoms with E-state index in [2.05, 4.69) is 6.07 Å². The average Bonchev–Trinajstić information content (AvgIpc) is 1.69. The van der Waals surface area contributed by atoms with Gasteiger partial charge in [0.15, 0.2) is 0 Å². The largest absolute Gasteiger partial charge is 1.00 e. The fourth-order valence-corrected chi connectivity index (χ4v) is 0.400. The Morgan fingerprint density at radius 3 is 2.00 bits per heavy atom. The number of benzene rings is 1. The molecule has 0 saturated carbocycles. The maximum atomic E-state index is 5.34. The molecule has 0 fully saturated rings. The molecule has 0 spiro atoms. The van der Waals surface area contributed by atoms with Crippen molar-refractivity contribution in [1.29, 1.82) is 0 Å². The van der Waals surface area contributed by atoms with Crippen LogP contribution >= 0.6 is 0 Å². The van der Waals surface area contributed by atoms with Crippen molar-refractivity contribution in [2.75, 3.05) is 5.73 Å². The van der Waals surface area contributed by atoms with E-state index in [1.54, 1.807) is 24.3 Å². The third kappa shape index (κ3) is 2.01. The number of anilines is 1. The van der Waals surface area contributed by atoms with E-state index in [9.17, 15) is 0 Å². The molecule has 0 aliphatic rings. The minimum absolute atomic E-state index is 0. The Morgan fingerprint density at radius 2 is 1.75 bits per heavy atom. The van der Waals surface area contributed by atoms with E-state index in [0.29, 0.717) is 0 Å². The smallest absolute Gasteiger partial charge is 0.419 e. The second-order valence-electron chi connectivity index (χ2n) is 1.33. The van der Waals surface area contributed by atoms with Crippen LogP contribution in [0.2, 0.25) is 0 Å². The van der Waals surface area contributed by atoms with E-state index >= 15 is 0 Å². The number of nitrogen functional groups attached to an aromatic ring is 1. The van der Waals surface area contributed by atoms with Crippen molar-refractivity contribution < 1.29 is 17.1 Å². The summed E-state index contributed by atoms with van der Waals surface area (Å²) in [6.07, 6.45) is 0. The first kappa shape index (κ1) is 7.54. The molecule has 0 amide bonds. The molecule has 0 bridgehead atoms. The van der Waals surface area contributed by atoms with Crippen molar-refractivity contribution in [1.82, 2.24) is 0 Å². The van der Waals surface area contributed by atoms with Gasteiger partial charge >= 0.3 is 17.1 Å². The molecule has 0 aliphatic heterocycles. The molecular weight excluding hydrogens is 150 g/mol. The quantitative estimate of drug-likeness (QED) is 0.339. The number of hydrogen-bond donors (Lipinski definition) is 1. The van der Waals surface area contributed by atoms with Crippen LogP contribution in [0, 0.1) is 6.07 Å². The molecule has 0 unspecified atom stereocenters. The Morgan fingerprint density at radius 1 is 1.25 bits per heavy atom. The maximum Gasteiger partial charge on any atom is 1.00 e. The third-order valence-corrected chi connectivity index (χ3v) is 0.744. The molecule has 1 aromatic rings. The first-order valence-corrected chi connectivity index (χ1v) is 2.11. The normalized spacial score (nSPS) is 7.50. The SMILES string of the molecule is Nc1cc[c-]cc1.[Cu+]. The van der Waals surface area contributed by atoms with Crippen LogP contribution in [-0.4, -0.2) is 0 Å². The summed E-state index contributed by atoms with van der Waals surface area (Å²) in [5.41, 5.74) is 6.13. The minimum atomic E-state index is 0. The summed E-state index contributed by atoms with van der Waals surface area (Å²) in [7, 11) is 0. The molecule has 1 aromatic carbocycles. The Balaban J connectivity index is 0.000000490. The van der Waals surface area contributed by atoms with Gasteiger partial charge in [0.05, 0.1) is 0 Å². The van der Waals surface area contributed by atoms with E-state index < -0.39 is 0 Å². The number of nitrogens with two attached hydrogens (primary N) is 1. The first-order valence-electron chi connectivity index (χ1n) is 2.11. The standard InChI is InChI=1S/C6H6N.Cu/c7-6-4-2-1-3-5-6;/h2-5H,7H2;/q-1;+1. The Hall–Kier alpha value is -0.461. The van der Waals surface area contributed by atoms with Crippen LogP contribution in [0.4, 0.5) is 5.69 Å². The summed E-state index contributed by atoms with van der Waals surface area (Å²) in [5, 5.41) is 0. The zero-order valence-electron chi connectivity index (χ0n) is 4.19. The molecule has 0 saturated heterocycles. The van der Waals surface area contributed by atoms with E-state index in [-0.39, 0.29) is 17.1 Å². The summed E-state index contributed by atoms with van der Waals surface area (Å²) in [5.74, 6) is 0. The van der Waals surface area contributed by atoms with Crippen molar-refractivity contribution in [3.8, 4) is 0 Å². The fourth-order valence-electron chi connectivity index (χ4n) is 0.400. The van der Waals surface area contributed by atoms with E-state index in [0.717, 1.165) is 5.69 Å². The predicted octanol–water partition coefficient (Wildman–Crippen LogP) is 1.07. The van der Waals surface area contributed by atoms with Gasteiger partial charge in [-0.3, -0.25) is 0 Å². The van der Waals surface area contributed by atoms with Crippen LogP contribution in [0.5, 0.6) is 0 Å². The van der Waals surface area contributed by atoms with Gasteiger partial charge in [-0.05, 0) is 0 Å². The van der Waals surface area contributed by atoms with E-state index in [1.807, 2.05) is 0 Å². The minimum Gasteiger partial charge on any atom is -0.419 e. The van der Waals surface area contributed by atoms with Gasteiger partial charge in [-0.25, -0.2) is 0 Å². The third-order valence-electron chi connectivity index (χ3n) is 0.744. The molecule has 0 aliphatic carbocycles. The first-order chi connectivity index (χ1) is 3.39. The molecule has 2 heteroatoms. The van der Waals surface area contributed by atoms with E-state index in [1.165, 1.54) is 0 Å². The van der Waals surface area contributed by atoms with Gasteiger partial charge in [0, 0.05) is 0 Å². The van der Waals surface area contributed by atoms with Crippen LogP contribution in [0.3, 0.4) is 0 Å². The summed E-state index contributed by atoms with van der Waals surface area (Å²) >= 11 is 0. The monoisotopic (exact) mass is 155 g/mol. The van der Waals surface area contributed by atoms with Crippen molar-refractivity contribution in [2.45, 2.75) is 0 Å². The Kier molecular flexibility index (Phi) is 3.33. The van der Waals surface area contributed by atoms with Crippen LogP contribution < -0.4 is 5.73 Å². The molecule has 46 valence electrons. The van der Waals surface area contributed by atoms with Crippen LogP contribution in [-0.2, 0) is 17.1 Å². The van der Waals surface area contributed by atoms with Gasteiger partial charge in [0.2, 0.25) is 0 Å². The van der Waals surface area contributed by atoms with Gasteiger partial charge in [-0.1, -0.05) is 5.69 Å². The summed E-state index contributed by atoms with van der Waals surface area (Å²) in [6, 6.07) is 10.0. The number of hydrogen-bond acceptors (Lipinski definition) is 1. The molecule has 2 N–H and O–H groups in total.